The van der Waals surface area contributed by atoms with Crippen LogP contribution in [0.2, 0.25) is 0 Å². The van der Waals surface area contributed by atoms with Crippen LogP contribution in [0.15, 0.2) is 52.1 Å². The first-order chi connectivity index (χ1) is 16.6. The predicted molar refractivity (Wildman–Crippen MR) is 125 cm³/mol. The van der Waals surface area contributed by atoms with E-state index in [4.69, 9.17) is 14.0 Å². The molecule has 34 heavy (non-hydrogen) atoms. The quantitative estimate of drug-likeness (QED) is 0.384. The van der Waals surface area contributed by atoms with E-state index in [2.05, 4.69) is 10.1 Å². The number of hydrogen-bond acceptors (Lipinski definition) is 8. The van der Waals surface area contributed by atoms with E-state index < -0.39 is 0 Å². The maximum Gasteiger partial charge on any atom is 0.256 e. The molecule has 8 nitrogen and oxygen atoms in total. The average molecular weight is 480 g/mol. The van der Waals surface area contributed by atoms with Crippen molar-refractivity contribution in [2.45, 2.75) is 30.5 Å². The third-order valence-corrected chi connectivity index (χ3v) is 7.05. The van der Waals surface area contributed by atoms with Crippen molar-refractivity contribution in [1.82, 2.24) is 15.0 Å². The van der Waals surface area contributed by atoms with Gasteiger partial charge in [-0.2, -0.15) is 0 Å². The molecule has 3 aromatic rings. The summed E-state index contributed by atoms with van der Waals surface area (Å²) in [7, 11) is 0. The number of likely N-dealkylation sites (tertiary alicyclic amines) is 1. The Hall–Kier alpha value is -3.33. The fraction of sp³-hybridized carbons (Fsp3) is 0.360. The summed E-state index contributed by atoms with van der Waals surface area (Å²) in [4.78, 5) is 32.6. The molecule has 0 unspecified atom stereocenters. The number of pyridine rings is 1. The number of amides is 1. The Balaban J connectivity index is 1.21. The van der Waals surface area contributed by atoms with Gasteiger partial charge in [0, 0.05) is 42.6 Å². The third kappa shape index (κ3) is 4.79. The van der Waals surface area contributed by atoms with Gasteiger partial charge < -0.3 is 18.9 Å². The van der Waals surface area contributed by atoms with Crippen LogP contribution >= 0.6 is 11.8 Å². The van der Waals surface area contributed by atoms with Crippen LogP contribution in [-0.4, -0.2) is 53.0 Å². The number of thioether (sulfide) groups is 1. The molecule has 1 fully saturated rings. The molecule has 0 saturated carbocycles. The number of piperidine rings is 1. The molecule has 2 aromatic heterocycles. The standard InChI is InChI=1S/C25H25N3O5S/c1-16-13-19(27-33-16)15-34-24-20(3-2-8-26-24)25(30)28-9-6-17(7-10-28)23(29)18-4-5-21-22(14-18)32-12-11-31-21/h2-5,8,13-14,17H,6-7,9-12,15H2,1H3. The number of carbonyl (C=O) groups excluding carboxylic acids is 2. The molecular weight excluding hydrogens is 454 g/mol. The number of Topliss-reactive ketones (excluding diaryl/α,β-unsaturated/α-hetero) is 1. The first-order valence-corrected chi connectivity index (χ1v) is 12.3. The normalized spacial score (nSPS) is 15.9. The van der Waals surface area contributed by atoms with Gasteiger partial charge in [-0.05, 0) is 50.1 Å². The lowest BCUT2D eigenvalue weighted by Crippen LogP contribution is -2.40. The summed E-state index contributed by atoms with van der Waals surface area (Å²) in [6, 6.07) is 10.8. The molecule has 2 aliphatic heterocycles. The molecule has 9 heteroatoms. The number of benzene rings is 1. The molecule has 2 aliphatic rings. The van der Waals surface area contributed by atoms with Crippen molar-refractivity contribution < 1.29 is 23.6 Å². The van der Waals surface area contributed by atoms with Crippen LogP contribution in [-0.2, 0) is 5.75 Å². The van der Waals surface area contributed by atoms with Gasteiger partial charge >= 0.3 is 0 Å². The van der Waals surface area contributed by atoms with E-state index in [1.807, 2.05) is 17.9 Å². The van der Waals surface area contributed by atoms with Crippen LogP contribution in [0.5, 0.6) is 11.5 Å². The van der Waals surface area contributed by atoms with E-state index in [1.165, 1.54) is 11.8 Å². The summed E-state index contributed by atoms with van der Waals surface area (Å²) in [5, 5.41) is 4.67. The zero-order valence-corrected chi connectivity index (χ0v) is 19.7. The molecule has 5 rings (SSSR count). The fourth-order valence-electron chi connectivity index (χ4n) is 4.24. The van der Waals surface area contributed by atoms with Crippen LogP contribution in [0.4, 0.5) is 0 Å². The van der Waals surface area contributed by atoms with Gasteiger partial charge in [-0.15, -0.1) is 0 Å². The first-order valence-electron chi connectivity index (χ1n) is 11.3. The molecule has 0 N–H and O–H groups in total. The van der Waals surface area contributed by atoms with Crippen LogP contribution in [0, 0.1) is 12.8 Å². The summed E-state index contributed by atoms with van der Waals surface area (Å²) in [6.45, 7) is 3.91. The minimum absolute atomic E-state index is 0.0582. The monoisotopic (exact) mass is 479 g/mol. The lowest BCUT2D eigenvalue weighted by molar-refractivity contribution is 0.0646. The largest absolute Gasteiger partial charge is 0.486 e. The predicted octanol–water partition coefficient (Wildman–Crippen LogP) is 4.18. The highest BCUT2D eigenvalue weighted by Crippen LogP contribution is 2.33. The number of aromatic nitrogens is 2. The Bertz CT molecular complexity index is 1200. The summed E-state index contributed by atoms with van der Waals surface area (Å²) < 4.78 is 16.3. The van der Waals surface area contributed by atoms with Gasteiger partial charge in [0.15, 0.2) is 17.3 Å². The highest BCUT2D eigenvalue weighted by atomic mass is 32.2. The van der Waals surface area contributed by atoms with E-state index in [1.54, 1.807) is 36.5 Å². The van der Waals surface area contributed by atoms with Crippen molar-refractivity contribution in [2.75, 3.05) is 26.3 Å². The Morgan fingerprint density at radius 3 is 2.65 bits per heavy atom. The van der Waals surface area contributed by atoms with E-state index >= 15 is 0 Å². The highest BCUT2D eigenvalue weighted by molar-refractivity contribution is 7.98. The number of fused-ring (bicyclic) bond motifs is 1. The van der Waals surface area contributed by atoms with Crippen molar-refractivity contribution >= 4 is 23.5 Å². The summed E-state index contributed by atoms with van der Waals surface area (Å²) in [6.07, 6.45) is 2.94. The first kappa shape index (κ1) is 22.5. The van der Waals surface area contributed by atoms with E-state index in [0.29, 0.717) is 72.5 Å². The van der Waals surface area contributed by atoms with Gasteiger partial charge in [0.2, 0.25) is 0 Å². The Morgan fingerprint density at radius 2 is 1.88 bits per heavy atom. The smallest absolute Gasteiger partial charge is 0.256 e. The van der Waals surface area contributed by atoms with Crippen LogP contribution in [0.1, 0.15) is 45.0 Å². The van der Waals surface area contributed by atoms with Crippen molar-refractivity contribution in [1.29, 1.82) is 0 Å². The SMILES string of the molecule is Cc1cc(CSc2ncccc2C(=O)N2CCC(C(=O)c3ccc4c(c3)OCCO4)CC2)no1. The molecule has 0 aliphatic carbocycles. The van der Waals surface area contributed by atoms with Gasteiger partial charge in [-0.1, -0.05) is 16.9 Å². The number of carbonyl (C=O) groups is 2. The van der Waals surface area contributed by atoms with E-state index in [9.17, 15) is 9.59 Å². The molecule has 176 valence electrons. The van der Waals surface area contributed by atoms with Gasteiger partial charge in [-0.25, -0.2) is 4.98 Å². The Labute approximate surface area is 201 Å². The van der Waals surface area contributed by atoms with Crippen molar-refractivity contribution in [2.24, 2.45) is 5.92 Å². The summed E-state index contributed by atoms with van der Waals surface area (Å²) in [5.41, 5.74) is 2.01. The van der Waals surface area contributed by atoms with Crippen LogP contribution < -0.4 is 9.47 Å². The topological polar surface area (TPSA) is 94.8 Å². The number of ether oxygens (including phenoxy) is 2. The van der Waals surface area contributed by atoms with Crippen LogP contribution in [0.25, 0.3) is 0 Å². The number of hydrogen-bond donors (Lipinski definition) is 0. The molecule has 1 amide bonds. The second-order valence-electron chi connectivity index (χ2n) is 8.36. The lowest BCUT2D eigenvalue weighted by atomic mass is 9.88. The number of rotatable bonds is 6. The maximum absolute atomic E-state index is 13.3. The number of aryl methyl sites for hydroxylation is 1. The molecule has 0 spiro atoms. The molecule has 0 atom stereocenters. The second-order valence-corrected chi connectivity index (χ2v) is 9.33. The number of nitrogens with zero attached hydrogens (tertiary/aromatic N) is 3. The van der Waals surface area contributed by atoms with Crippen molar-refractivity contribution in [3.63, 3.8) is 0 Å². The highest BCUT2D eigenvalue weighted by Gasteiger charge is 2.30. The van der Waals surface area contributed by atoms with E-state index in [-0.39, 0.29) is 17.6 Å². The van der Waals surface area contributed by atoms with Gasteiger partial charge in [0.1, 0.15) is 24.0 Å². The maximum atomic E-state index is 13.3. The third-order valence-electron chi connectivity index (χ3n) is 6.01. The summed E-state index contributed by atoms with van der Waals surface area (Å²) in [5.74, 6) is 2.52. The van der Waals surface area contributed by atoms with Crippen molar-refractivity contribution in [3.05, 3.63) is 65.2 Å². The molecule has 1 aromatic carbocycles. The average Bonchev–Trinajstić information content (AvgIpc) is 3.31. The molecule has 0 radical (unpaired) electrons. The minimum Gasteiger partial charge on any atom is -0.486 e. The van der Waals surface area contributed by atoms with Gasteiger partial charge in [-0.3, -0.25) is 9.59 Å². The Morgan fingerprint density at radius 1 is 1.09 bits per heavy atom. The zero-order chi connectivity index (χ0) is 23.5. The van der Waals surface area contributed by atoms with E-state index in [0.717, 1.165) is 11.5 Å². The van der Waals surface area contributed by atoms with Crippen LogP contribution in [0.3, 0.4) is 0 Å². The second kappa shape index (κ2) is 9.89. The molecule has 0 bridgehead atoms. The van der Waals surface area contributed by atoms with Crippen molar-refractivity contribution in [3.8, 4) is 11.5 Å². The lowest BCUT2D eigenvalue weighted by Gasteiger charge is -2.31. The minimum atomic E-state index is -0.121. The Kier molecular flexibility index (Phi) is 6.53. The summed E-state index contributed by atoms with van der Waals surface area (Å²) >= 11 is 1.46. The zero-order valence-electron chi connectivity index (χ0n) is 18.9. The molecular formula is C25H25N3O5S. The van der Waals surface area contributed by atoms with Gasteiger partial charge in [0.25, 0.3) is 5.91 Å². The molecule has 4 heterocycles. The molecule has 1 saturated heterocycles. The number of ketones is 1. The fourth-order valence-corrected chi connectivity index (χ4v) is 5.11. The van der Waals surface area contributed by atoms with Gasteiger partial charge in [0.05, 0.1) is 11.3 Å².